The average Bonchev–Trinajstić information content (AvgIpc) is 3.22. The minimum absolute atomic E-state index is 0.0324. The first-order valence-corrected chi connectivity index (χ1v) is 12.0. The fourth-order valence-electron chi connectivity index (χ4n) is 4.74. The maximum Gasteiger partial charge on any atom is 0.248 e. The summed E-state index contributed by atoms with van der Waals surface area (Å²) < 4.78 is 20.0. The van der Waals surface area contributed by atoms with E-state index in [9.17, 15) is 18.8 Å². The molecule has 186 valence electrons. The predicted molar refractivity (Wildman–Crippen MR) is 119 cm³/mol. The molecule has 0 aromatic carbocycles. The Morgan fingerprint density at radius 3 is 2.79 bits per heavy atom. The molecule has 10 nitrogen and oxygen atoms in total. The Morgan fingerprint density at radius 2 is 2.15 bits per heavy atom. The summed E-state index contributed by atoms with van der Waals surface area (Å²) >= 11 is 0. The Balaban J connectivity index is 1.44. The van der Waals surface area contributed by atoms with Crippen molar-refractivity contribution >= 4 is 24.0 Å². The number of hydroxylamine groups is 2. The van der Waals surface area contributed by atoms with Crippen molar-refractivity contribution in [1.82, 2.24) is 19.9 Å². The van der Waals surface area contributed by atoms with Gasteiger partial charge in [-0.3, -0.25) is 19.4 Å². The standard InChI is InChI=1S/C23H32FN5O5/c24-18-11-19(22(31)27-20-12-25-7-8-26-20)29(14-18)23(32)17(10-16-4-3-5-16)13-28(15-30)34-21-6-1-2-9-33-21/h7-8,12,15-19,21H,1-6,9-11,13-14H2,(H,26,27,31). The number of nitrogens with one attached hydrogen (secondary N) is 1. The summed E-state index contributed by atoms with van der Waals surface area (Å²) in [6.07, 6.45) is 9.19. The van der Waals surface area contributed by atoms with E-state index in [0.29, 0.717) is 31.8 Å². The van der Waals surface area contributed by atoms with Gasteiger partial charge in [0.1, 0.15) is 12.2 Å². The molecule has 11 heteroatoms. The van der Waals surface area contributed by atoms with Crippen molar-refractivity contribution in [2.45, 2.75) is 69.9 Å². The van der Waals surface area contributed by atoms with Crippen LogP contribution in [0.3, 0.4) is 0 Å². The molecule has 2 saturated heterocycles. The normalized spacial score (nSPS) is 25.9. The Bertz CT molecular complexity index is 836. The fraction of sp³-hybridized carbons (Fsp3) is 0.696. The highest BCUT2D eigenvalue weighted by molar-refractivity contribution is 5.97. The zero-order valence-electron chi connectivity index (χ0n) is 19.2. The predicted octanol–water partition coefficient (Wildman–Crippen LogP) is 2.08. The summed E-state index contributed by atoms with van der Waals surface area (Å²) in [5.74, 6) is -0.844. The molecule has 3 heterocycles. The molecule has 1 aliphatic carbocycles. The average molecular weight is 478 g/mol. The molecule has 2 aliphatic heterocycles. The molecule has 1 saturated carbocycles. The fourth-order valence-corrected chi connectivity index (χ4v) is 4.74. The van der Waals surface area contributed by atoms with Crippen LogP contribution in [0.25, 0.3) is 0 Å². The Morgan fingerprint density at radius 1 is 1.29 bits per heavy atom. The molecule has 0 bridgehead atoms. The number of halogens is 1. The monoisotopic (exact) mass is 477 g/mol. The van der Waals surface area contributed by atoms with Crippen molar-refractivity contribution in [1.29, 1.82) is 0 Å². The number of likely N-dealkylation sites (tertiary alicyclic amines) is 1. The number of carbonyl (C=O) groups excluding carboxylic acids is 3. The second-order valence-corrected chi connectivity index (χ2v) is 9.26. The first kappa shape index (κ1) is 24.5. The molecule has 4 rings (SSSR count). The third-order valence-electron chi connectivity index (χ3n) is 6.75. The molecular weight excluding hydrogens is 445 g/mol. The highest BCUT2D eigenvalue weighted by Crippen LogP contribution is 2.34. The molecule has 1 N–H and O–H groups in total. The van der Waals surface area contributed by atoms with E-state index in [4.69, 9.17) is 9.57 Å². The van der Waals surface area contributed by atoms with Crippen molar-refractivity contribution in [3.63, 3.8) is 0 Å². The lowest BCUT2D eigenvalue weighted by Gasteiger charge is -2.35. The van der Waals surface area contributed by atoms with E-state index in [0.717, 1.165) is 37.2 Å². The van der Waals surface area contributed by atoms with Gasteiger partial charge in [-0.05, 0) is 25.2 Å². The molecule has 1 aromatic heterocycles. The Hall–Kier alpha value is -2.66. The van der Waals surface area contributed by atoms with Crippen LogP contribution in [0, 0.1) is 11.8 Å². The maximum absolute atomic E-state index is 14.4. The number of anilines is 1. The molecule has 3 amide bonds. The molecular formula is C23H32FN5O5. The van der Waals surface area contributed by atoms with Crippen LogP contribution in [-0.2, 0) is 24.0 Å². The SMILES string of the molecule is O=CN(CC(CC1CCC1)C(=O)N1CC(F)CC1C(=O)Nc1cnccn1)OC1CCCCO1. The molecule has 0 spiro atoms. The topological polar surface area (TPSA) is 114 Å². The molecule has 4 unspecified atom stereocenters. The minimum atomic E-state index is -1.31. The van der Waals surface area contributed by atoms with E-state index in [1.165, 1.54) is 23.5 Å². The third-order valence-corrected chi connectivity index (χ3v) is 6.75. The number of amides is 3. The zero-order chi connectivity index (χ0) is 23.9. The second-order valence-electron chi connectivity index (χ2n) is 9.26. The van der Waals surface area contributed by atoms with Crippen LogP contribution in [0.2, 0.25) is 0 Å². The van der Waals surface area contributed by atoms with Crippen LogP contribution < -0.4 is 5.32 Å². The van der Waals surface area contributed by atoms with Crippen LogP contribution in [0.15, 0.2) is 18.6 Å². The number of nitrogens with zero attached hydrogens (tertiary/aromatic N) is 4. The lowest BCUT2D eigenvalue weighted by molar-refractivity contribution is -0.276. The largest absolute Gasteiger partial charge is 0.350 e. The highest BCUT2D eigenvalue weighted by atomic mass is 19.1. The Labute approximate surface area is 198 Å². The van der Waals surface area contributed by atoms with E-state index in [1.807, 2.05) is 0 Å². The van der Waals surface area contributed by atoms with Gasteiger partial charge in [-0.15, -0.1) is 0 Å². The van der Waals surface area contributed by atoms with Gasteiger partial charge in [0.05, 0.1) is 25.2 Å². The van der Waals surface area contributed by atoms with Crippen LogP contribution in [-0.4, -0.2) is 76.4 Å². The Kier molecular flexibility index (Phi) is 8.39. The summed E-state index contributed by atoms with van der Waals surface area (Å²) in [6.45, 7) is 0.437. The molecule has 4 atom stereocenters. The highest BCUT2D eigenvalue weighted by Gasteiger charge is 2.43. The molecule has 34 heavy (non-hydrogen) atoms. The first-order chi connectivity index (χ1) is 16.5. The number of rotatable bonds is 10. The van der Waals surface area contributed by atoms with E-state index >= 15 is 0 Å². The summed E-state index contributed by atoms with van der Waals surface area (Å²) in [5, 5.41) is 3.74. The van der Waals surface area contributed by atoms with Gasteiger partial charge < -0.3 is 15.0 Å². The van der Waals surface area contributed by atoms with Gasteiger partial charge in [0.25, 0.3) is 0 Å². The maximum atomic E-state index is 14.4. The number of aromatic nitrogens is 2. The summed E-state index contributed by atoms with van der Waals surface area (Å²) in [4.78, 5) is 53.1. The van der Waals surface area contributed by atoms with Gasteiger partial charge in [0.15, 0.2) is 12.1 Å². The van der Waals surface area contributed by atoms with Crippen molar-refractivity contribution in [3.8, 4) is 0 Å². The number of ether oxygens (including phenoxy) is 1. The lowest BCUT2D eigenvalue weighted by Crippen LogP contribution is -2.49. The summed E-state index contributed by atoms with van der Waals surface area (Å²) in [7, 11) is 0. The zero-order valence-corrected chi connectivity index (χ0v) is 19.2. The van der Waals surface area contributed by atoms with Gasteiger partial charge in [0, 0.05) is 31.8 Å². The summed E-state index contributed by atoms with van der Waals surface area (Å²) in [6, 6.07) is -0.958. The molecule has 3 fully saturated rings. The second kappa shape index (κ2) is 11.7. The van der Waals surface area contributed by atoms with E-state index in [2.05, 4.69) is 15.3 Å². The van der Waals surface area contributed by atoms with Gasteiger partial charge in [-0.1, -0.05) is 19.3 Å². The van der Waals surface area contributed by atoms with Crippen LogP contribution in [0.5, 0.6) is 0 Å². The number of carbonyl (C=O) groups is 3. The minimum Gasteiger partial charge on any atom is -0.350 e. The quantitative estimate of drug-likeness (QED) is 0.405. The molecule has 0 radical (unpaired) electrons. The number of alkyl halides is 1. The molecule has 3 aliphatic rings. The van der Waals surface area contributed by atoms with Crippen molar-refractivity contribution in [2.24, 2.45) is 11.8 Å². The van der Waals surface area contributed by atoms with Crippen LogP contribution in [0.1, 0.15) is 51.4 Å². The van der Waals surface area contributed by atoms with Crippen molar-refractivity contribution in [3.05, 3.63) is 18.6 Å². The number of hydrogen-bond acceptors (Lipinski definition) is 7. The van der Waals surface area contributed by atoms with E-state index in [-0.39, 0.29) is 31.2 Å². The van der Waals surface area contributed by atoms with Gasteiger partial charge >= 0.3 is 0 Å². The van der Waals surface area contributed by atoms with Gasteiger partial charge in [-0.2, -0.15) is 0 Å². The molecule has 1 aromatic rings. The third kappa shape index (κ3) is 6.26. The van der Waals surface area contributed by atoms with Gasteiger partial charge in [0.2, 0.25) is 18.2 Å². The smallest absolute Gasteiger partial charge is 0.248 e. The van der Waals surface area contributed by atoms with Crippen LogP contribution in [0.4, 0.5) is 10.2 Å². The van der Waals surface area contributed by atoms with E-state index < -0.39 is 30.3 Å². The number of hydrogen-bond donors (Lipinski definition) is 1. The van der Waals surface area contributed by atoms with E-state index in [1.54, 1.807) is 0 Å². The van der Waals surface area contributed by atoms with Crippen LogP contribution >= 0.6 is 0 Å². The lowest BCUT2D eigenvalue weighted by atomic mass is 9.78. The van der Waals surface area contributed by atoms with Crippen molar-refractivity contribution in [2.75, 3.05) is 25.0 Å². The summed E-state index contributed by atoms with van der Waals surface area (Å²) in [5.41, 5.74) is 0. The van der Waals surface area contributed by atoms with Gasteiger partial charge in [-0.25, -0.2) is 19.3 Å². The first-order valence-electron chi connectivity index (χ1n) is 12.0. The van der Waals surface area contributed by atoms with Crippen molar-refractivity contribution < 1.29 is 28.3 Å².